The SMILES string of the molecule is COc1nccc(Cl)c1C(F)(F)CN. The smallest absolute Gasteiger partial charge is 0.291 e. The van der Waals surface area contributed by atoms with Gasteiger partial charge in [-0.1, -0.05) is 11.6 Å². The number of rotatable bonds is 3. The van der Waals surface area contributed by atoms with Gasteiger partial charge < -0.3 is 10.5 Å². The molecule has 0 saturated heterocycles. The summed E-state index contributed by atoms with van der Waals surface area (Å²) in [6, 6.07) is 1.27. The third kappa shape index (κ3) is 1.93. The fourth-order valence-corrected chi connectivity index (χ4v) is 1.28. The van der Waals surface area contributed by atoms with Crippen LogP contribution in [0.25, 0.3) is 0 Å². The highest BCUT2D eigenvalue weighted by Gasteiger charge is 2.36. The van der Waals surface area contributed by atoms with Crippen molar-refractivity contribution in [1.82, 2.24) is 4.98 Å². The van der Waals surface area contributed by atoms with Crippen LogP contribution >= 0.6 is 11.6 Å². The van der Waals surface area contributed by atoms with E-state index in [9.17, 15) is 8.78 Å². The minimum absolute atomic E-state index is 0.104. The molecule has 1 rings (SSSR count). The van der Waals surface area contributed by atoms with Gasteiger partial charge >= 0.3 is 0 Å². The summed E-state index contributed by atoms with van der Waals surface area (Å²) in [6.07, 6.45) is 1.29. The predicted molar refractivity (Wildman–Crippen MR) is 48.7 cm³/mol. The predicted octanol–water partition coefficient (Wildman–Crippen LogP) is 1.79. The zero-order valence-electron chi connectivity index (χ0n) is 7.43. The number of pyridine rings is 1. The summed E-state index contributed by atoms with van der Waals surface area (Å²) in [7, 11) is 1.24. The first-order valence-corrected chi connectivity index (χ1v) is 4.17. The van der Waals surface area contributed by atoms with Crippen LogP contribution in [0.2, 0.25) is 5.02 Å². The molecule has 6 heteroatoms. The number of hydrogen-bond donors (Lipinski definition) is 1. The van der Waals surface area contributed by atoms with Crippen LogP contribution in [0.15, 0.2) is 12.3 Å². The molecule has 0 fully saturated rings. The van der Waals surface area contributed by atoms with E-state index in [2.05, 4.69) is 9.72 Å². The molecular weight excluding hydrogens is 214 g/mol. The number of halogens is 3. The van der Waals surface area contributed by atoms with Crippen molar-refractivity contribution in [1.29, 1.82) is 0 Å². The van der Waals surface area contributed by atoms with E-state index in [-0.39, 0.29) is 10.9 Å². The largest absolute Gasteiger partial charge is 0.481 e. The third-order valence-electron chi connectivity index (χ3n) is 1.68. The number of alkyl halides is 2. The van der Waals surface area contributed by atoms with E-state index in [1.807, 2.05) is 0 Å². The fraction of sp³-hybridized carbons (Fsp3) is 0.375. The van der Waals surface area contributed by atoms with Gasteiger partial charge in [-0.2, -0.15) is 8.78 Å². The highest BCUT2D eigenvalue weighted by Crippen LogP contribution is 2.37. The van der Waals surface area contributed by atoms with Crippen LogP contribution in [0.5, 0.6) is 5.88 Å². The summed E-state index contributed by atoms with van der Waals surface area (Å²) < 4.78 is 31.2. The Labute approximate surface area is 84.8 Å². The molecule has 0 aliphatic rings. The number of nitrogens with two attached hydrogens (primary N) is 1. The first-order valence-electron chi connectivity index (χ1n) is 3.79. The summed E-state index contributed by atoms with van der Waals surface area (Å²) >= 11 is 5.62. The highest BCUT2D eigenvalue weighted by atomic mass is 35.5. The maximum atomic E-state index is 13.3. The van der Waals surface area contributed by atoms with Gasteiger partial charge in [0.25, 0.3) is 5.92 Å². The van der Waals surface area contributed by atoms with Gasteiger partial charge in [0.15, 0.2) is 0 Å². The first-order chi connectivity index (χ1) is 6.53. The van der Waals surface area contributed by atoms with Crippen molar-refractivity contribution in [2.75, 3.05) is 13.7 Å². The van der Waals surface area contributed by atoms with Crippen LogP contribution in [0.1, 0.15) is 5.56 Å². The summed E-state index contributed by atoms with van der Waals surface area (Å²) in [4.78, 5) is 3.63. The Morgan fingerprint density at radius 3 is 2.79 bits per heavy atom. The average Bonchev–Trinajstić information content (AvgIpc) is 2.17. The molecule has 1 heterocycles. The average molecular weight is 223 g/mol. The molecule has 0 aromatic carbocycles. The summed E-state index contributed by atoms with van der Waals surface area (Å²) in [5, 5.41) is -0.104. The van der Waals surface area contributed by atoms with E-state index >= 15 is 0 Å². The first kappa shape index (κ1) is 11.1. The molecular formula is C8H9ClF2N2O. The molecule has 1 aromatic heterocycles. The number of methoxy groups -OCH3 is 1. The Morgan fingerprint density at radius 1 is 1.64 bits per heavy atom. The van der Waals surface area contributed by atoms with Gasteiger partial charge in [0, 0.05) is 6.20 Å². The van der Waals surface area contributed by atoms with Crippen molar-refractivity contribution in [2.24, 2.45) is 5.73 Å². The molecule has 0 unspecified atom stereocenters. The molecule has 0 aliphatic carbocycles. The van der Waals surface area contributed by atoms with Crippen LogP contribution in [-0.4, -0.2) is 18.6 Å². The van der Waals surface area contributed by atoms with Gasteiger partial charge in [0.1, 0.15) is 5.56 Å². The molecule has 0 radical (unpaired) electrons. The van der Waals surface area contributed by atoms with Gasteiger partial charge in [0.05, 0.1) is 18.7 Å². The summed E-state index contributed by atoms with van der Waals surface area (Å²) in [5.41, 5.74) is 4.47. The van der Waals surface area contributed by atoms with Crippen LogP contribution in [0.4, 0.5) is 8.78 Å². The van der Waals surface area contributed by atoms with Crippen molar-refractivity contribution in [3.63, 3.8) is 0 Å². The number of hydrogen-bond acceptors (Lipinski definition) is 3. The summed E-state index contributed by atoms with van der Waals surface area (Å²) in [6.45, 7) is -0.839. The lowest BCUT2D eigenvalue weighted by molar-refractivity contribution is 0.00324. The molecule has 0 aliphatic heterocycles. The van der Waals surface area contributed by atoms with Crippen molar-refractivity contribution in [3.05, 3.63) is 22.8 Å². The van der Waals surface area contributed by atoms with Gasteiger partial charge in [-0.3, -0.25) is 0 Å². The molecule has 0 spiro atoms. The van der Waals surface area contributed by atoms with Crippen molar-refractivity contribution >= 4 is 11.6 Å². The molecule has 0 atom stereocenters. The van der Waals surface area contributed by atoms with E-state index < -0.39 is 18.0 Å². The quantitative estimate of drug-likeness (QED) is 0.848. The lowest BCUT2D eigenvalue weighted by Crippen LogP contribution is -2.26. The fourth-order valence-electron chi connectivity index (χ4n) is 1.01. The minimum atomic E-state index is -3.23. The van der Waals surface area contributed by atoms with Crippen LogP contribution in [-0.2, 0) is 5.92 Å². The molecule has 2 N–H and O–H groups in total. The zero-order valence-corrected chi connectivity index (χ0v) is 8.18. The minimum Gasteiger partial charge on any atom is -0.481 e. The van der Waals surface area contributed by atoms with Crippen molar-refractivity contribution in [2.45, 2.75) is 5.92 Å². The normalized spacial score (nSPS) is 11.5. The van der Waals surface area contributed by atoms with Gasteiger partial charge in [-0.15, -0.1) is 0 Å². The standard InChI is InChI=1S/C8H9ClF2N2O/c1-14-7-6(8(10,11)4-12)5(9)2-3-13-7/h2-3H,4,12H2,1H3. The Balaban J connectivity index is 3.30. The Hall–Kier alpha value is -0.940. The van der Waals surface area contributed by atoms with E-state index in [1.54, 1.807) is 0 Å². The molecule has 0 bridgehead atoms. The second-order valence-electron chi connectivity index (χ2n) is 2.59. The molecule has 3 nitrogen and oxygen atoms in total. The zero-order chi connectivity index (χ0) is 10.8. The molecule has 14 heavy (non-hydrogen) atoms. The van der Waals surface area contributed by atoms with Crippen molar-refractivity contribution < 1.29 is 13.5 Å². The highest BCUT2D eigenvalue weighted by molar-refractivity contribution is 6.31. The topological polar surface area (TPSA) is 48.1 Å². The maximum Gasteiger partial charge on any atom is 0.291 e. The van der Waals surface area contributed by atoms with E-state index in [1.165, 1.54) is 19.4 Å². The maximum absolute atomic E-state index is 13.3. The third-order valence-corrected chi connectivity index (χ3v) is 2.00. The van der Waals surface area contributed by atoms with Gasteiger partial charge in [0.2, 0.25) is 5.88 Å². The van der Waals surface area contributed by atoms with E-state index in [0.29, 0.717) is 0 Å². The molecule has 0 saturated carbocycles. The lowest BCUT2D eigenvalue weighted by atomic mass is 10.1. The summed E-state index contributed by atoms with van der Waals surface area (Å²) in [5.74, 6) is -3.43. The van der Waals surface area contributed by atoms with E-state index in [4.69, 9.17) is 17.3 Å². The van der Waals surface area contributed by atoms with Gasteiger partial charge in [-0.25, -0.2) is 4.98 Å². The number of aromatic nitrogens is 1. The van der Waals surface area contributed by atoms with Gasteiger partial charge in [-0.05, 0) is 6.07 Å². The van der Waals surface area contributed by atoms with Crippen molar-refractivity contribution in [3.8, 4) is 5.88 Å². The number of nitrogens with zero attached hydrogens (tertiary/aromatic N) is 1. The number of ether oxygens (including phenoxy) is 1. The van der Waals surface area contributed by atoms with Crippen LogP contribution < -0.4 is 10.5 Å². The molecule has 1 aromatic rings. The van der Waals surface area contributed by atoms with Crippen LogP contribution in [0.3, 0.4) is 0 Å². The Bertz CT molecular complexity index is 333. The van der Waals surface area contributed by atoms with E-state index in [0.717, 1.165) is 0 Å². The van der Waals surface area contributed by atoms with Crippen LogP contribution in [0, 0.1) is 0 Å². The second-order valence-corrected chi connectivity index (χ2v) is 2.99. The molecule has 78 valence electrons. The Kier molecular flexibility index (Phi) is 3.23. The molecule has 0 amide bonds. The Morgan fingerprint density at radius 2 is 2.29 bits per heavy atom. The monoisotopic (exact) mass is 222 g/mol. The second kappa shape index (κ2) is 4.06. The lowest BCUT2D eigenvalue weighted by Gasteiger charge is -2.17.